The highest BCUT2D eigenvalue weighted by molar-refractivity contribution is 5.94. The maximum atomic E-state index is 13.3. The number of aryl methyl sites for hydroxylation is 1. The number of carbonyl (C=O) groups is 1. The van der Waals surface area contributed by atoms with Crippen molar-refractivity contribution in [2.75, 3.05) is 18.5 Å². The molecule has 0 atom stereocenters. The van der Waals surface area contributed by atoms with Crippen molar-refractivity contribution in [3.8, 4) is 11.4 Å². The number of hydrogen-bond donors (Lipinski definition) is 3. The molecule has 1 amide bonds. The van der Waals surface area contributed by atoms with Crippen molar-refractivity contribution in [2.45, 2.75) is 25.9 Å². The normalized spacial score (nSPS) is 10.9. The molecule has 176 valence electrons. The van der Waals surface area contributed by atoms with Crippen LogP contribution in [0.4, 0.5) is 4.39 Å². The molecule has 3 heterocycles. The zero-order valence-electron chi connectivity index (χ0n) is 18.7. The molecule has 34 heavy (non-hydrogen) atoms. The molecule has 0 fully saturated rings. The number of halogens is 1. The Morgan fingerprint density at radius 2 is 2.06 bits per heavy atom. The van der Waals surface area contributed by atoms with Gasteiger partial charge in [0.05, 0.1) is 29.7 Å². The van der Waals surface area contributed by atoms with E-state index >= 15 is 0 Å². The largest absolute Gasteiger partial charge is 0.346 e. The van der Waals surface area contributed by atoms with E-state index in [0.29, 0.717) is 37.3 Å². The van der Waals surface area contributed by atoms with Crippen LogP contribution in [0.3, 0.4) is 0 Å². The fourth-order valence-corrected chi connectivity index (χ4v) is 3.45. The van der Waals surface area contributed by atoms with Gasteiger partial charge in [0.25, 0.3) is 5.91 Å². The highest BCUT2D eigenvalue weighted by Gasteiger charge is 2.11. The minimum absolute atomic E-state index is 0.225. The van der Waals surface area contributed by atoms with E-state index in [-0.39, 0.29) is 11.7 Å². The van der Waals surface area contributed by atoms with E-state index in [9.17, 15) is 9.18 Å². The lowest BCUT2D eigenvalue weighted by molar-refractivity contribution is 0.0950. The molecule has 0 radical (unpaired) electrons. The van der Waals surface area contributed by atoms with Crippen molar-refractivity contribution in [1.29, 1.82) is 0 Å². The predicted octanol–water partition coefficient (Wildman–Crippen LogP) is 2.35. The third-order valence-electron chi connectivity index (χ3n) is 5.21. The third-order valence-corrected chi connectivity index (χ3v) is 5.21. The number of carbonyl (C=O) groups excluding carboxylic acids is 1. The zero-order valence-corrected chi connectivity index (χ0v) is 18.7. The molecule has 4 N–H and O–H groups in total. The average molecular weight is 463 g/mol. The van der Waals surface area contributed by atoms with Crippen molar-refractivity contribution < 1.29 is 9.18 Å². The van der Waals surface area contributed by atoms with Gasteiger partial charge in [0.15, 0.2) is 0 Å². The van der Waals surface area contributed by atoms with Gasteiger partial charge in [-0.15, -0.1) is 0 Å². The number of nitrogens with two attached hydrogens (primary N) is 1. The van der Waals surface area contributed by atoms with Crippen LogP contribution >= 0.6 is 0 Å². The van der Waals surface area contributed by atoms with Crippen LogP contribution in [0.25, 0.3) is 11.4 Å². The molecule has 10 heteroatoms. The zero-order chi connectivity index (χ0) is 23.8. The summed E-state index contributed by atoms with van der Waals surface area (Å²) in [7, 11) is 0. The van der Waals surface area contributed by atoms with Gasteiger partial charge in [0.1, 0.15) is 11.5 Å². The highest BCUT2D eigenvalue weighted by atomic mass is 19.1. The van der Waals surface area contributed by atoms with Crippen molar-refractivity contribution in [3.05, 3.63) is 89.8 Å². The fourth-order valence-electron chi connectivity index (χ4n) is 3.45. The number of rotatable bonds is 11. The Labute approximate surface area is 196 Å². The Morgan fingerprint density at radius 1 is 1.15 bits per heavy atom. The van der Waals surface area contributed by atoms with E-state index in [1.807, 2.05) is 29.1 Å². The first-order chi connectivity index (χ1) is 16.6. The average Bonchev–Trinajstić information content (AvgIpc) is 3.51. The van der Waals surface area contributed by atoms with Gasteiger partial charge in [-0.2, -0.15) is 15.0 Å². The van der Waals surface area contributed by atoms with Gasteiger partial charge in [-0.25, -0.2) is 4.39 Å². The van der Waals surface area contributed by atoms with Gasteiger partial charge < -0.3 is 16.5 Å². The number of hydrogen-bond acceptors (Lipinski definition) is 6. The molecule has 9 nitrogen and oxygen atoms in total. The first-order valence-corrected chi connectivity index (χ1v) is 11.1. The first kappa shape index (κ1) is 23.1. The van der Waals surface area contributed by atoms with E-state index < -0.39 is 0 Å². The van der Waals surface area contributed by atoms with E-state index in [1.165, 1.54) is 18.3 Å². The molecule has 4 aromatic rings. The van der Waals surface area contributed by atoms with Crippen LogP contribution in [-0.2, 0) is 19.5 Å². The summed E-state index contributed by atoms with van der Waals surface area (Å²) in [6, 6.07) is 13.7. The van der Waals surface area contributed by atoms with E-state index in [4.69, 9.17) is 5.73 Å². The minimum atomic E-state index is -0.247. The molecular weight excluding hydrogens is 435 g/mol. The van der Waals surface area contributed by atoms with Crippen molar-refractivity contribution in [2.24, 2.45) is 5.73 Å². The second kappa shape index (κ2) is 11.2. The molecule has 0 aliphatic carbocycles. The summed E-state index contributed by atoms with van der Waals surface area (Å²) in [6.07, 6.45) is 6.58. The maximum Gasteiger partial charge on any atom is 0.253 e. The smallest absolute Gasteiger partial charge is 0.253 e. The Kier molecular flexibility index (Phi) is 7.61. The van der Waals surface area contributed by atoms with E-state index in [0.717, 1.165) is 29.9 Å². The van der Waals surface area contributed by atoms with Crippen molar-refractivity contribution in [1.82, 2.24) is 30.0 Å². The van der Waals surface area contributed by atoms with Gasteiger partial charge in [-0.1, -0.05) is 12.1 Å². The molecule has 0 aliphatic heterocycles. The van der Waals surface area contributed by atoms with Crippen LogP contribution in [-0.4, -0.2) is 43.7 Å². The van der Waals surface area contributed by atoms with Gasteiger partial charge in [-0.3, -0.25) is 14.5 Å². The number of aromatic nitrogens is 5. The maximum absolute atomic E-state index is 13.3. The van der Waals surface area contributed by atoms with Crippen LogP contribution in [0.5, 0.6) is 0 Å². The molecule has 0 saturated carbocycles. The summed E-state index contributed by atoms with van der Waals surface area (Å²) in [5.74, 6) is -0.472. The summed E-state index contributed by atoms with van der Waals surface area (Å²) in [5, 5.41) is 11.6. The molecule has 0 spiro atoms. The predicted molar refractivity (Wildman–Crippen MR) is 127 cm³/mol. The second-order valence-electron chi connectivity index (χ2n) is 7.74. The summed E-state index contributed by atoms with van der Waals surface area (Å²) in [5.41, 5.74) is 12.3. The van der Waals surface area contributed by atoms with Crippen LogP contribution in [0.1, 0.15) is 28.0 Å². The SMILES string of the molecule is NCCCn1ccc(CNC(=O)c2ccc(-c3ccnn3NCCc3cccc(F)c3)nc2)n1. The van der Waals surface area contributed by atoms with Crippen LogP contribution in [0.2, 0.25) is 0 Å². The molecule has 0 aliphatic rings. The molecule has 0 saturated heterocycles. The monoisotopic (exact) mass is 462 g/mol. The number of nitrogens with one attached hydrogen (secondary N) is 2. The molecule has 3 aromatic heterocycles. The summed E-state index contributed by atoms with van der Waals surface area (Å²) >= 11 is 0. The summed E-state index contributed by atoms with van der Waals surface area (Å²) in [4.78, 5) is 18.6. The lowest BCUT2D eigenvalue weighted by atomic mass is 10.1. The van der Waals surface area contributed by atoms with Gasteiger partial charge in [-0.05, 0) is 61.3 Å². The minimum Gasteiger partial charge on any atom is -0.346 e. The van der Waals surface area contributed by atoms with Gasteiger partial charge >= 0.3 is 0 Å². The summed E-state index contributed by atoms with van der Waals surface area (Å²) in [6.45, 7) is 2.27. The van der Waals surface area contributed by atoms with Gasteiger partial charge in [0, 0.05) is 25.5 Å². The first-order valence-electron chi connectivity index (χ1n) is 11.1. The molecule has 4 rings (SSSR count). The Morgan fingerprint density at radius 3 is 2.85 bits per heavy atom. The number of pyridine rings is 1. The quantitative estimate of drug-likeness (QED) is 0.315. The molecule has 0 bridgehead atoms. The Bertz CT molecular complexity index is 1220. The third kappa shape index (κ3) is 6.04. The number of amides is 1. The van der Waals surface area contributed by atoms with Crippen LogP contribution in [0.15, 0.2) is 67.1 Å². The van der Waals surface area contributed by atoms with Crippen LogP contribution in [0, 0.1) is 5.82 Å². The Balaban J connectivity index is 1.31. The van der Waals surface area contributed by atoms with Crippen molar-refractivity contribution >= 4 is 5.91 Å². The molecule has 0 unspecified atom stereocenters. The highest BCUT2D eigenvalue weighted by Crippen LogP contribution is 2.16. The molecular formula is C24H27FN8O. The standard InChI is InChI=1S/C24H27FN8O/c25-20-4-1-3-18(15-20)7-11-29-33-23(8-12-30-33)22-6-5-19(16-27-22)24(34)28-17-21-9-14-32(31-21)13-2-10-26/h1,3-6,8-9,12,14-16,29H,2,7,10-11,13,17,26H2,(H,28,34). The Hall–Kier alpha value is -4.05. The van der Waals surface area contributed by atoms with E-state index in [1.54, 1.807) is 29.2 Å². The molecule has 1 aromatic carbocycles. The van der Waals surface area contributed by atoms with Crippen LogP contribution < -0.4 is 16.5 Å². The lowest BCUT2D eigenvalue weighted by Crippen LogP contribution is -2.23. The lowest BCUT2D eigenvalue weighted by Gasteiger charge is -2.10. The van der Waals surface area contributed by atoms with Gasteiger partial charge in [0.2, 0.25) is 0 Å². The fraction of sp³-hybridized carbons (Fsp3) is 0.250. The van der Waals surface area contributed by atoms with E-state index in [2.05, 4.69) is 25.9 Å². The number of benzene rings is 1. The second-order valence-corrected chi connectivity index (χ2v) is 7.74. The topological polar surface area (TPSA) is 116 Å². The number of nitrogens with zero attached hydrogens (tertiary/aromatic N) is 5. The van der Waals surface area contributed by atoms with Crippen molar-refractivity contribution in [3.63, 3.8) is 0 Å². The summed E-state index contributed by atoms with van der Waals surface area (Å²) < 4.78 is 15.2.